The number of nitrogens with one attached hydrogen (secondary N) is 2. The molecule has 1 aliphatic rings. The van der Waals surface area contributed by atoms with Gasteiger partial charge in [0, 0.05) is 61.7 Å². The minimum Gasteiger partial charge on any atom is -0.378 e. The van der Waals surface area contributed by atoms with Crippen molar-refractivity contribution >= 4 is 34.6 Å². The summed E-state index contributed by atoms with van der Waals surface area (Å²) in [5, 5.41) is 6.90. The molecule has 2 aromatic heterocycles. The summed E-state index contributed by atoms with van der Waals surface area (Å²) in [6, 6.07) is 22.0. The van der Waals surface area contributed by atoms with Crippen molar-refractivity contribution in [2.75, 3.05) is 30.9 Å². The van der Waals surface area contributed by atoms with Gasteiger partial charge in [0.05, 0.1) is 17.8 Å². The van der Waals surface area contributed by atoms with Crippen LogP contribution in [0, 0.1) is 19.7 Å². The number of benzene rings is 2. The molecule has 1 fully saturated rings. The van der Waals surface area contributed by atoms with Gasteiger partial charge >= 0.3 is 0 Å². The molecule has 0 unspecified atom stereocenters. The Balaban J connectivity index is 1.46. The van der Waals surface area contributed by atoms with E-state index < -0.39 is 0 Å². The van der Waals surface area contributed by atoms with Crippen LogP contribution >= 0.6 is 12.2 Å². The molecule has 3 heterocycles. The molecule has 0 bridgehead atoms. The van der Waals surface area contributed by atoms with E-state index >= 15 is 0 Å². The highest BCUT2D eigenvalue weighted by Gasteiger charge is 2.41. The normalized spacial score (nSPS) is 16.6. The number of hydrogen-bond donors (Lipinski definition) is 2. The third-order valence-electron chi connectivity index (χ3n) is 7.32. The summed E-state index contributed by atoms with van der Waals surface area (Å²) < 4.78 is 15.5. The highest BCUT2D eigenvalue weighted by Crippen LogP contribution is 2.41. The predicted molar refractivity (Wildman–Crippen MR) is 161 cm³/mol. The smallest absolute Gasteiger partial charge is 0.226 e. The van der Waals surface area contributed by atoms with Gasteiger partial charge in [-0.2, -0.15) is 0 Å². The Kier molecular flexibility index (Phi) is 7.84. The monoisotopic (exact) mass is 556 g/mol. The van der Waals surface area contributed by atoms with Crippen LogP contribution < -0.4 is 15.5 Å². The molecule has 0 saturated carbocycles. The molecular weight excluding hydrogens is 523 g/mol. The molecule has 40 heavy (non-hydrogen) atoms. The molecule has 0 spiro atoms. The van der Waals surface area contributed by atoms with Crippen LogP contribution in [0.3, 0.4) is 0 Å². The number of pyridine rings is 1. The first-order valence-electron chi connectivity index (χ1n) is 13.2. The highest BCUT2D eigenvalue weighted by molar-refractivity contribution is 7.80. The zero-order valence-electron chi connectivity index (χ0n) is 23.1. The Morgan fingerprint density at radius 1 is 1.07 bits per heavy atom. The minimum atomic E-state index is -0.346. The lowest BCUT2D eigenvalue weighted by molar-refractivity contribution is -0.116. The molecule has 7 nitrogen and oxygen atoms in total. The number of nitrogens with zero attached hydrogens (tertiary/aromatic N) is 4. The molecule has 0 radical (unpaired) electrons. The van der Waals surface area contributed by atoms with E-state index in [2.05, 4.69) is 74.2 Å². The number of hydrogen-bond acceptors (Lipinski definition) is 4. The van der Waals surface area contributed by atoms with E-state index in [1.54, 1.807) is 18.3 Å². The fraction of sp³-hybridized carbons (Fsp3) is 0.258. The van der Waals surface area contributed by atoms with Crippen molar-refractivity contribution in [3.63, 3.8) is 0 Å². The van der Waals surface area contributed by atoms with Crippen molar-refractivity contribution < 1.29 is 9.18 Å². The number of anilines is 2. The minimum absolute atomic E-state index is 0.165. The molecule has 1 aliphatic heterocycles. The molecule has 1 amide bonds. The fourth-order valence-corrected chi connectivity index (χ4v) is 5.68. The highest BCUT2D eigenvalue weighted by atomic mass is 32.1. The summed E-state index contributed by atoms with van der Waals surface area (Å²) in [6.07, 6.45) is 2.00. The zero-order valence-corrected chi connectivity index (χ0v) is 23.9. The third-order valence-corrected chi connectivity index (χ3v) is 7.67. The van der Waals surface area contributed by atoms with Gasteiger partial charge in [-0.25, -0.2) is 4.39 Å². The first kappa shape index (κ1) is 27.3. The van der Waals surface area contributed by atoms with Crippen LogP contribution in [0.25, 0.3) is 5.69 Å². The summed E-state index contributed by atoms with van der Waals surface area (Å²) >= 11 is 5.81. The average molecular weight is 557 g/mol. The van der Waals surface area contributed by atoms with E-state index in [-0.39, 0.29) is 30.2 Å². The molecule has 4 aromatic rings. The average Bonchev–Trinajstić information content (AvgIpc) is 3.43. The van der Waals surface area contributed by atoms with Gasteiger partial charge in [0.25, 0.3) is 0 Å². The van der Waals surface area contributed by atoms with Crippen LogP contribution in [0.5, 0.6) is 0 Å². The maximum Gasteiger partial charge on any atom is 0.226 e. The van der Waals surface area contributed by atoms with E-state index in [9.17, 15) is 9.18 Å². The second kappa shape index (κ2) is 11.5. The van der Waals surface area contributed by atoms with Gasteiger partial charge in [0.15, 0.2) is 5.11 Å². The Hall–Kier alpha value is -4.24. The maximum atomic E-state index is 13.3. The Bertz CT molecular complexity index is 1500. The van der Waals surface area contributed by atoms with Gasteiger partial charge in [-0.3, -0.25) is 9.78 Å². The number of amides is 1. The lowest BCUT2D eigenvalue weighted by atomic mass is 9.96. The van der Waals surface area contributed by atoms with Crippen molar-refractivity contribution in [2.24, 2.45) is 0 Å². The van der Waals surface area contributed by atoms with E-state index in [1.165, 1.54) is 12.1 Å². The second-order valence-corrected chi connectivity index (χ2v) is 10.6. The Morgan fingerprint density at radius 3 is 2.45 bits per heavy atom. The van der Waals surface area contributed by atoms with Gasteiger partial charge < -0.3 is 25.0 Å². The summed E-state index contributed by atoms with van der Waals surface area (Å²) in [7, 11) is 4.06. The van der Waals surface area contributed by atoms with Crippen LogP contribution in [0.1, 0.15) is 41.1 Å². The molecule has 2 N–H and O–H groups in total. The van der Waals surface area contributed by atoms with Crippen molar-refractivity contribution in [3.05, 3.63) is 107 Å². The van der Waals surface area contributed by atoms with Gasteiger partial charge in [0.2, 0.25) is 5.91 Å². The topological polar surface area (TPSA) is 65.4 Å². The largest absolute Gasteiger partial charge is 0.378 e. The maximum absolute atomic E-state index is 13.3. The quantitative estimate of drug-likeness (QED) is 0.272. The van der Waals surface area contributed by atoms with Crippen molar-refractivity contribution in [2.45, 2.75) is 32.4 Å². The first-order chi connectivity index (χ1) is 19.2. The molecule has 2 aromatic carbocycles. The van der Waals surface area contributed by atoms with Gasteiger partial charge in [0.1, 0.15) is 5.82 Å². The number of aryl methyl sites for hydroxylation is 1. The fourth-order valence-electron chi connectivity index (χ4n) is 5.35. The summed E-state index contributed by atoms with van der Waals surface area (Å²) in [4.78, 5) is 21.6. The van der Waals surface area contributed by atoms with Crippen LogP contribution in [0.4, 0.5) is 15.8 Å². The van der Waals surface area contributed by atoms with E-state index in [1.807, 2.05) is 32.3 Å². The molecule has 5 rings (SSSR count). The molecular formula is C31H33FN6OS. The van der Waals surface area contributed by atoms with E-state index in [0.29, 0.717) is 17.3 Å². The Labute approximate surface area is 239 Å². The number of carbonyl (C=O) groups excluding carboxylic acids is 1. The van der Waals surface area contributed by atoms with E-state index in [0.717, 1.165) is 34.0 Å². The summed E-state index contributed by atoms with van der Waals surface area (Å²) in [5.74, 6) is -0.512. The zero-order chi connectivity index (χ0) is 28.4. The molecule has 1 saturated heterocycles. The van der Waals surface area contributed by atoms with Gasteiger partial charge in [-0.1, -0.05) is 6.07 Å². The van der Waals surface area contributed by atoms with Crippen molar-refractivity contribution in [3.8, 4) is 5.69 Å². The first-order valence-corrected chi connectivity index (χ1v) is 13.6. The van der Waals surface area contributed by atoms with Crippen molar-refractivity contribution in [1.29, 1.82) is 0 Å². The number of thiocarbonyl (C=S) groups is 1. The number of aromatic nitrogens is 2. The van der Waals surface area contributed by atoms with Gasteiger partial charge in [-0.05, 0) is 98.4 Å². The van der Waals surface area contributed by atoms with Crippen LogP contribution in [-0.4, -0.2) is 46.1 Å². The van der Waals surface area contributed by atoms with Crippen molar-refractivity contribution in [1.82, 2.24) is 19.8 Å². The Morgan fingerprint density at radius 2 is 1.80 bits per heavy atom. The lowest BCUT2D eigenvalue weighted by Crippen LogP contribution is -2.32. The van der Waals surface area contributed by atoms with Crippen LogP contribution in [-0.2, 0) is 4.79 Å². The summed E-state index contributed by atoms with van der Waals surface area (Å²) in [6.45, 7) is 4.64. The number of halogens is 1. The molecule has 9 heteroatoms. The van der Waals surface area contributed by atoms with Crippen LogP contribution in [0.15, 0.2) is 79.0 Å². The van der Waals surface area contributed by atoms with E-state index in [4.69, 9.17) is 12.2 Å². The predicted octanol–water partition coefficient (Wildman–Crippen LogP) is 5.70. The lowest BCUT2D eigenvalue weighted by Gasteiger charge is -2.28. The molecule has 2 atom stereocenters. The third kappa shape index (κ3) is 5.56. The number of carbonyl (C=O) groups is 1. The van der Waals surface area contributed by atoms with Crippen LogP contribution in [0.2, 0.25) is 0 Å². The molecule has 206 valence electrons. The summed E-state index contributed by atoms with van der Waals surface area (Å²) in [5.41, 5.74) is 6.99. The standard InChI is InChI=1S/C31H33FN6OS/c1-20-19-26(21(2)38(20)25-14-12-24(13-15-25)36(3)4)30-29(27-7-5-6-17-33-27)35-31(40)37(30)18-16-28(39)34-23-10-8-22(32)9-11-23/h5-15,17,19,29-30H,16,18H2,1-4H3,(H,34,39)(H,35,40)/t29-,30-/m0/s1. The number of rotatable bonds is 8. The van der Waals surface area contributed by atoms with Gasteiger partial charge in [-0.15, -0.1) is 0 Å². The molecule has 0 aliphatic carbocycles. The SMILES string of the molecule is Cc1cc([C@H]2[C@H](c3ccccn3)NC(=S)N2CCC(=O)Nc2ccc(F)cc2)c(C)n1-c1ccc(N(C)C)cc1. The second-order valence-electron chi connectivity index (χ2n) is 10.2.